The van der Waals surface area contributed by atoms with Crippen LogP contribution in [0.2, 0.25) is 0 Å². The number of nitrogens with zero attached hydrogens (tertiary/aromatic N) is 4. The van der Waals surface area contributed by atoms with E-state index in [1.807, 2.05) is 42.3 Å². The molecule has 0 spiro atoms. The van der Waals surface area contributed by atoms with E-state index in [-0.39, 0.29) is 30.4 Å². The first kappa shape index (κ1) is 23.3. The topological polar surface area (TPSA) is 114 Å². The molecule has 1 N–H and O–H groups in total. The minimum absolute atomic E-state index is 0.142. The Morgan fingerprint density at radius 3 is 2.71 bits per heavy atom. The molecule has 1 saturated heterocycles. The Balaban J connectivity index is 1.17. The average Bonchev–Trinajstić information content (AvgIpc) is 3.70. The monoisotopic (exact) mass is 533 g/mol. The largest absolute Gasteiger partial charge is 0.485 e. The molecule has 0 radical (unpaired) electrons. The Bertz CT molecular complexity index is 1570. The molecule has 11 heteroatoms. The fourth-order valence-corrected chi connectivity index (χ4v) is 7.20. The van der Waals surface area contributed by atoms with Crippen LogP contribution in [-0.4, -0.2) is 49.2 Å². The highest BCUT2D eigenvalue weighted by molar-refractivity contribution is 7.93. The first-order chi connectivity index (χ1) is 18.4. The van der Waals surface area contributed by atoms with Crippen LogP contribution in [0.25, 0.3) is 11.1 Å². The fraction of sp³-hybridized carbons (Fsp3) is 0.370. The second-order valence-electron chi connectivity index (χ2n) is 10.1. The molecule has 196 valence electrons. The highest BCUT2D eigenvalue weighted by Crippen LogP contribution is 2.45. The van der Waals surface area contributed by atoms with Crippen LogP contribution in [-0.2, 0) is 14.8 Å². The van der Waals surface area contributed by atoms with E-state index in [0.717, 1.165) is 41.1 Å². The minimum Gasteiger partial charge on any atom is -0.485 e. The smallest absolute Gasteiger partial charge is 0.238 e. The Morgan fingerprint density at radius 2 is 1.92 bits per heavy atom. The van der Waals surface area contributed by atoms with Crippen LogP contribution in [0.5, 0.6) is 11.6 Å². The van der Waals surface area contributed by atoms with Crippen LogP contribution < -0.4 is 24.0 Å². The van der Waals surface area contributed by atoms with Crippen molar-refractivity contribution in [3.8, 4) is 22.8 Å². The van der Waals surface area contributed by atoms with E-state index >= 15 is 0 Å². The second kappa shape index (κ2) is 8.59. The zero-order valence-electron chi connectivity index (χ0n) is 20.9. The van der Waals surface area contributed by atoms with Crippen molar-refractivity contribution in [1.29, 1.82) is 0 Å². The Kier molecular flexibility index (Phi) is 5.26. The summed E-state index contributed by atoms with van der Waals surface area (Å²) in [5, 5.41) is 2.95. The van der Waals surface area contributed by atoms with Gasteiger partial charge in [-0.3, -0.25) is 9.10 Å². The first-order valence-corrected chi connectivity index (χ1v) is 14.4. The van der Waals surface area contributed by atoms with Gasteiger partial charge in [0, 0.05) is 47.6 Å². The van der Waals surface area contributed by atoms with Crippen LogP contribution in [0.4, 0.5) is 22.9 Å². The number of ether oxygens (including phenoxy) is 2. The molecule has 3 aromatic rings. The van der Waals surface area contributed by atoms with Crippen molar-refractivity contribution in [2.24, 2.45) is 0 Å². The van der Waals surface area contributed by atoms with Gasteiger partial charge in [-0.25, -0.2) is 18.4 Å². The summed E-state index contributed by atoms with van der Waals surface area (Å²) in [7, 11) is -3.42. The van der Waals surface area contributed by atoms with E-state index < -0.39 is 10.0 Å². The van der Waals surface area contributed by atoms with Gasteiger partial charge < -0.3 is 19.7 Å². The summed E-state index contributed by atoms with van der Waals surface area (Å²) in [6, 6.07) is 9.57. The van der Waals surface area contributed by atoms with Gasteiger partial charge >= 0.3 is 0 Å². The van der Waals surface area contributed by atoms with Crippen LogP contribution >= 0.6 is 0 Å². The summed E-state index contributed by atoms with van der Waals surface area (Å²) >= 11 is 0. The number of carbonyl (C=O) groups excluding carboxylic acids is 1. The highest BCUT2D eigenvalue weighted by Gasteiger charge is 2.42. The lowest BCUT2D eigenvalue weighted by Crippen LogP contribution is -2.40. The molecule has 10 nitrogen and oxygen atoms in total. The maximum atomic E-state index is 13.0. The van der Waals surface area contributed by atoms with Crippen molar-refractivity contribution in [2.75, 3.05) is 34.2 Å². The molecule has 1 atom stereocenters. The number of nitrogens with one attached hydrogen (secondary N) is 1. The van der Waals surface area contributed by atoms with E-state index in [9.17, 15) is 13.2 Å². The van der Waals surface area contributed by atoms with Gasteiger partial charge in [-0.1, -0.05) is 0 Å². The van der Waals surface area contributed by atoms with E-state index in [1.165, 1.54) is 4.31 Å². The predicted molar refractivity (Wildman–Crippen MR) is 143 cm³/mol. The van der Waals surface area contributed by atoms with Crippen molar-refractivity contribution < 1.29 is 22.7 Å². The number of amides is 1. The number of anilines is 4. The van der Waals surface area contributed by atoms with Crippen LogP contribution in [0.15, 0.2) is 42.7 Å². The van der Waals surface area contributed by atoms with Gasteiger partial charge in [-0.15, -0.1) is 0 Å². The Morgan fingerprint density at radius 1 is 1.05 bits per heavy atom. The third-order valence-electron chi connectivity index (χ3n) is 7.48. The Labute approximate surface area is 220 Å². The van der Waals surface area contributed by atoms with Crippen LogP contribution in [0, 0.1) is 0 Å². The average molecular weight is 534 g/mol. The lowest BCUT2D eigenvalue weighted by molar-refractivity contribution is -0.117. The molecule has 4 aliphatic rings. The highest BCUT2D eigenvalue weighted by atomic mass is 32.2. The third-order valence-corrected chi connectivity index (χ3v) is 9.78. The van der Waals surface area contributed by atoms with Gasteiger partial charge in [0.25, 0.3) is 0 Å². The molecule has 7 rings (SSSR count). The lowest BCUT2D eigenvalue weighted by Gasteiger charge is -2.30. The van der Waals surface area contributed by atoms with Gasteiger partial charge in [0.1, 0.15) is 30.0 Å². The van der Waals surface area contributed by atoms with E-state index in [4.69, 9.17) is 9.47 Å². The molecule has 1 saturated carbocycles. The number of rotatable bonds is 5. The number of hydrogen-bond acceptors (Lipinski definition) is 8. The number of fused-ring (bicyclic) bond motifs is 4. The number of carbonyl (C=O) groups is 1. The molecule has 38 heavy (non-hydrogen) atoms. The molecule has 0 bridgehead atoms. The SMILES string of the molecule is CC1Oc2cc(N3CCCC3=O)ccc2-c2cnc(Nc3cnc4c(c3)N(S(=O)(=O)C3CC3)CCO4)cc21. The van der Waals surface area contributed by atoms with Gasteiger partial charge in [0.15, 0.2) is 0 Å². The van der Waals surface area contributed by atoms with Crippen molar-refractivity contribution in [2.45, 2.75) is 44.0 Å². The van der Waals surface area contributed by atoms with Gasteiger partial charge in [-0.2, -0.15) is 0 Å². The minimum atomic E-state index is -3.42. The molecule has 1 unspecified atom stereocenters. The summed E-state index contributed by atoms with van der Waals surface area (Å²) < 4.78 is 39.2. The zero-order valence-corrected chi connectivity index (χ0v) is 21.7. The number of pyridine rings is 2. The number of benzene rings is 1. The number of hydrogen-bond donors (Lipinski definition) is 1. The maximum absolute atomic E-state index is 13.0. The summed E-state index contributed by atoms with van der Waals surface area (Å²) in [6.45, 7) is 3.27. The summed E-state index contributed by atoms with van der Waals surface area (Å²) in [4.78, 5) is 23.0. The van der Waals surface area contributed by atoms with E-state index in [2.05, 4.69) is 15.3 Å². The number of aromatic nitrogens is 2. The molecular weight excluding hydrogens is 506 g/mol. The van der Waals surface area contributed by atoms with Gasteiger partial charge in [0.2, 0.25) is 21.8 Å². The first-order valence-electron chi connectivity index (χ1n) is 12.9. The molecule has 1 aromatic carbocycles. The van der Waals surface area contributed by atoms with Gasteiger partial charge in [0.05, 0.1) is 23.7 Å². The second-order valence-corrected chi connectivity index (χ2v) is 12.2. The summed E-state index contributed by atoms with van der Waals surface area (Å²) in [6.07, 6.45) is 6.05. The molecule has 2 fully saturated rings. The fourth-order valence-electron chi connectivity index (χ4n) is 5.38. The van der Waals surface area contributed by atoms with Crippen LogP contribution in [0.1, 0.15) is 44.3 Å². The molecule has 2 aromatic heterocycles. The van der Waals surface area contributed by atoms with Crippen molar-refractivity contribution in [3.63, 3.8) is 0 Å². The van der Waals surface area contributed by atoms with E-state index in [1.54, 1.807) is 12.3 Å². The standard InChI is InChI=1S/C27H27N5O5S/c1-16-21-13-25(28-15-22(21)20-7-4-18(12-24(20)37-16)31-8-2-3-26(31)33)30-17-11-23-27(29-14-17)36-10-9-32(23)38(34,35)19-5-6-19/h4,7,11-16,19H,2-3,5-6,8-10H2,1H3,(H,28,30). The zero-order chi connectivity index (χ0) is 26.0. The normalized spacial score (nSPS) is 20.2. The maximum Gasteiger partial charge on any atom is 0.238 e. The third kappa shape index (κ3) is 3.84. The summed E-state index contributed by atoms with van der Waals surface area (Å²) in [5.41, 5.74) is 4.80. The van der Waals surface area contributed by atoms with Crippen LogP contribution in [0.3, 0.4) is 0 Å². The van der Waals surface area contributed by atoms with Crippen molar-refractivity contribution >= 4 is 38.8 Å². The predicted octanol–water partition coefficient (Wildman–Crippen LogP) is 4.16. The lowest BCUT2D eigenvalue weighted by atomic mass is 9.94. The molecule has 3 aliphatic heterocycles. The molecular formula is C27H27N5O5S. The van der Waals surface area contributed by atoms with Crippen molar-refractivity contribution in [1.82, 2.24) is 9.97 Å². The molecule has 1 aliphatic carbocycles. The van der Waals surface area contributed by atoms with E-state index in [0.29, 0.717) is 42.3 Å². The summed E-state index contributed by atoms with van der Waals surface area (Å²) in [5.74, 6) is 1.79. The molecule has 1 amide bonds. The van der Waals surface area contributed by atoms with Crippen molar-refractivity contribution in [3.05, 3.63) is 48.3 Å². The molecule has 5 heterocycles. The van der Waals surface area contributed by atoms with Gasteiger partial charge in [-0.05, 0) is 50.5 Å². The Hall–Kier alpha value is -3.86. The quantitative estimate of drug-likeness (QED) is 0.520. The number of sulfonamides is 1.